The molecule has 3 aromatic carbocycles. The molecule has 6 nitrogen and oxygen atoms in total. The third kappa shape index (κ3) is 5.76. The number of likely N-dealkylation sites (N-methyl/N-ethyl adjacent to an activating group) is 1. The van der Waals surface area contributed by atoms with E-state index in [0.29, 0.717) is 18.7 Å². The molecule has 0 radical (unpaired) electrons. The van der Waals surface area contributed by atoms with Crippen LogP contribution in [0, 0.1) is 0 Å². The zero-order valence-corrected chi connectivity index (χ0v) is 19.9. The number of hydrogen-bond donors (Lipinski definition) is 1. The molecule has 1 N–H and O–H groups in total. The molecule has 1 fully saturated rings. The van der Waals surface area contributed by atoms with Gasteiger partial charge in [0.15, 0.2) is 0 Å². The second-order valence-electron chi connectivity index (χ2n) is 8.77. The van der Waals surface area contributed by atoms with Gasteiger partial charge in [0.2, 0.25) is 5.91 Å². The van der Waals surface area contributed by atoms with Crippen LogP contribution in [0.25, 0.3) is 0 Å². The minimum atomic E-state index is -0.163. The molecule has 0 saturated carbocycles. The Morgan fingerprint density at radius 1 is 0.853 bits per heavy atom. The van der Waals surface area contributed by atoms with Crippen molar-refractivity contribution in [3.8, 4) is 0 Å². The molecular weight excluding hydrogens is 424 g/mol. The number of para-hydroxylation sites is 2. The van der Waals surface area contributed by atoms with E-state index in [0.717, 1.165) is 29.9 Å². The lowest BCUT2D eigenvalue weighted by molar-refractivity contribution is -0.117. The first-order valence-electron chi connectivity index (χ1n) is 11.8. The molecule has 0 bridgehead atoms. The largest absolute Gasteiger partial charge is 0.371 e. The van der Waals surface area contributed by atoms with E-state index >= 15 is 0 Å². The molecule has 0 spiro atoms. The molecular formula is C28H32N4O2. The Hall–Kier alpha value is -3.80. The van der Waals surface area contributed by atoms with E-state index in [-0.39, 0.29) is 11.9 Å². The standard InChI is InChI=1S/C28H32N4O2/c1-30(21-23-10-6-7-13-26(23)32-18-8-9-19-32)28(34)29-24-16-14-22(15-17-24)20-27(33)31(2)25-11-4-3-5-12-25/h3-7,10-17H,8-9,18-21H2,1-2H3,(H,29,34). The van der Waals surface area contributed by atoms with E-state index in [2.05, 4.69) is 28.4 Å². The monoisotopic (exact) mass is 456 g/mol. The minimum absolute atomic E-state index is 0.0133. The van der Waals surface area contributed by atoms with Gasteiger partial charge in [-0.2, -0.15) is 0 Å². The summed E-state index contributed by atoms with van der Waals surface area (Å²) in [5.74, 6) is 0.0133. The Bertz CT molecular complexity index is 1110. The fraction of sp³-hybridized carbons (Fsp3) is 0.286. The SMILES string of the molecule is CN(Cc1ccccc1N1CCCC1)C(=O)Nc1ccc(CC(=O)N(C)c2ccccc2)cc1. The van der Waals surface area contributed by atoms with Crippen LogP contribution in [0.15, 0.2) is 78.9 Å². The van der Waals surface area contributed by atoms with E-state index in [1.165, 1.54) is 18.5 Å². The Balaban J connectivity index is 1.33. The minimum Gasteiger partial charge on any atom is -0.371 e. The van der Waals surface area contributed by atoms with Crippen LogP contribution in [0.5, 0.6) is 0 Å². The van der Waals surface area contributed by atoms with Crippen LogP contribution in [0.1, 0.15) is 24.0 Å². The average molecular weight is 457 g/mol. The summed E-state index contributed by atoms with van der Waals surface area (Å²) in [5.41, 5.74) is 4.84. The summed E-state index contributed by atoms with van der Waals surface area (Å²) in [6.07, 6.45) is 2.73. The number of rotatable bonds is 7. The first-order chi connectivity index (χ1) is 16.5. The first kappa shape index (κ1) is 23.4. The fourth-order valence-electron chi connectivity index (χ4n) is 4.25. The van der Waals surface area contributed by atoms with Gasteiger partial charge in [-0.25, -0.2) is 4.79 Å². The molecule has 6 heteroatoms. The molecule has 3 aromatic rings. The second kappa shape index (κ2) is 10.9. The van der Waals surface area contributed by atoms with Crippen LogP contribution in [-0.2, 0) is 17.8 Å². The van der Waals surface area contributed by atoms with Crippen molar-refractivity contribution in [3.63, 3.8) is 0 Å². The Morgan fingerprint density at radius 3 is 2.21 bits per heavy atom. The maximum absolute atomic E-state index is 12.8. The molecule has 3 amide bonds. The third-order valence-corrected chi connectivity index (χ3v) is 6.27. The van der Waals surface area contributed by atoms with Gasteiger partial charge < -0.3 is 20.0 Å². The van der Waals surface area contributed by atoms with Gasteiger partial charge in [-0.15, -0.1) is 0 Å². The average Bonchev–Trinajstić information content (AvgIpc) is 3.40. The van der Waals surface area contributed by atoms with Crippen LogP contribution >= 0.6 is 0 Å². The molecule has 0 aliphatic carbocycles. The number of anilines is 3. The Morgan fingerprint density at radius 2 is 1.50 bits per heavy atom. The summed E-state index contributed by atoms with van der Waals surface area (Å²) in [4.78, 5) is 31.2. The third-order valence-electron chi connectivity index (χ3n) is 6.27. The molecule has 4 rings (SSSR count). The number of nitrogens with zero attached hydrogens (tertiary/aromatic N) is 3. The maximum atomic E-state index is 12.8. The lowest BCUT2D eigenvalue weighted by atomic mass is 10.1. The highest BCUT2D eigenvalue weighted by molar-refractivity contribution is 5.94. The van der Waals surface area contributed by atoms with Crippen LogP contribution in [0.4, 0.5) is 21.9 Å². The van der Waals surface area contributed by atoms with E-state index in [1.807, 2.05) is 67.7 Å². The number of benzene rings is 3. The Labute approximate surface area is 201 Å². The van der Waals surface area contributed by atoms with Gasteiger partial charge in [-0.05, 0) is 54.3 Å². The molecule has 0 atom stereocenters. The van der Waals surface area contributed by atoms with Gasteiger partial charge in [0.05, 0.1) is 6.42 Å². The van der Waals surface area contributed by atoms with Crippen molar-refractivity contribution in [1.82, 2.24) is 4.90 Å². The Kier molecular flexibility index (Phi) is 7.48. The van der Waals surface area contributed by atoms with Crippen LogP contribution < -0.4 is 15.1 Å². The van der Waals surface area contributed by atoms with Gasteiger partial charge in [-0.1, -0.05) is 48.5 Å². The van der Waals surface area contributed by atoms with Crippen molar-refractivity contribution in [2.24, 2.45) is 0 Å². The molecule has 0 unspecified atom stereocenters. The lowest BCUT2D eigenvalue weighted by Crippen LogP contribution is -2.31. The van der Waals surface area contributed by atoms with Gasteiger partial charge in [0.1, 0.15) is 0 Å². The molecule has 1 aliphatic rings. The van der Waals surface area contributed by atoms with Crippen molar-refractivity contribution in [2.75, 3.05) is 42.3 Å². The summed E-state index contributed by atoms with van der Waals surface area (Å²) in [7, 11) is 3.59. The summed E-state index contributed by atoms with van der Waals surface area (Å²) in [6, 6.07) is 25.2. The highest BCUT2D eigenvalue weighted by Crippen LogP contribution is 2.25. The lowest BCUT2D eigenvalue weighted by Gasteiger charge is -2.24. The topological polar surface area (TPSA) is 55.9 Å². The summed E-state index contributed by atoms with van der Waals surface area (Å²) >= 11 is 0. The van der Waals surface area contributed by atoms with Gasteiger partial charge in [-0.3, -0.25) is 4.79 Å². The summed E-state index contributed by atoms with van der Waals surface area (Å²) in [5, 5.41) is 2.96. The van der Waals surface area contributed by atoms with Crippen molar-refractivity contribution >= 4 is 29.0 Å². The predicted octanol–water partition coefficient (Wildman–Crippen LogP) is 5.16. The normalized spacial score (nSPS) is 12.9. The number of carbonyl (C=O) groups is 2. The van der Waals surface area contributed by atoms with E-state index < -0.39 is 0 Å². The summed E-state index contributed by atoms with van der Waals surface area (Å²) in [6.45, 7) is 2.68. The van der Waals surface area contributed by atoms with E-state index in [4.69, 9.17) is 0 Å². The summed E-state index contributed by atoms with van der Waals surface area (Å²) < 4.78 is 0. The van der Waals surface area contributed by atoms with Crippen LogP contribution in [0.3, 0.4) is 0 Å². The number of urea groups is 1. The van der Waals surface area contributed by atoms with Crippen molar-refractivity contribution in [3.05, 3.63) is 90.0 Å². The maximum Gasteiger partial charge on any atom is 0.321 e. The molecule has 176 valence electrons. The molecule has 0 aromatic heterocycles. The smallest absolute Gasteiger partial charge is 0.321 e. The molecule has 1 saturated heterocycles. The number of amides is 3. The van der Waals surface area contributed by atoms with Crippen molar-refractivity contribution in [2.45, 2.75) is 25.8 Å². The first-order valence-corrected chi connectivity index (χ1v) is 11.8. The molecule has 34 heavy (non-hydrogen) atoms. The molecule has 1 aliphatic heterocycles. The van der Waals surface area contributed by atoms with Crippen LogP contribution in [-0.4, -0.2) is 44.0 Å². The predicted molar refractivity (Wildman–Crippen MR) is 138 cm³/mol. The van der Waals surface area contributed by atoms with Gasteiger partial charge >= 0.3 is 6.03 Å². The number of nitrogens with one attached hydrogen (secondary N) is 1. The van der Waals surface area contributed by atoms with Gasteiger partial charge in [0, 0.05) is 50.8 Å². The quantitative estimate of drug-likeness (QED) is 0.535. The fourth-order valence-corrected chi connectivity index (χ4v) is 4.25. The van der Waals surface area contributed by atoms with Gasteiger partial charge in [0.25, 0.3) is 0 Å². The zero-order chi connectivity index (χ0) is 23.9. The van der Waals surface area contributed by atoms with Crippen molar-refractivity contribution in [1.29, 1.82) is 0 Å². The second-order valence-corrected chi connectivity index (χ2v) is 8.77. The van der Waals surface area contributed by atoms with Crippen LogP contribution in [0.2, 0.25) is 0 Å². The zero-order valence-electron chi connectivity index (χ0n) is 19.9. The highest BCUT2D eigenvalue weighted by atomic mass is 16.2. The van der Waals surface area contributed by atoms with Crippen molar-refractivity contribution < 1.29 is 9.59 Å². The van der Waals surface area contributed by atoms with E-state index in [9.17, 15) is 9.59 Å². The number of carbonyl (C=O) groups excluding carboxylic acids is 2. The number of hydrogen-bond acceptors (Lipinski definition) is 3. The highest BCUT2D eigenvalue weighted by Gasteiger charge is 2.18. The van der Waals surface area contributed by atoms with E-state index in [1.54, 1.807) is 16.8 Å². The molecule has 1 heterocycles.